The lowest BCUT2D eigenvalue weighted by atomic mass is 9.96. The van der Waals surface area contributed by atoms with Crippen LogP contribution >= 0.6 is 0 Å². The maximum atomic E-state index is 12.2. The molecule has 1 rings (SSSR count). The number of hydrogen-bond donors (Lipinski definition) is 2. The Bertz CT molecular complexity index is 558. The summed E-state index contributed by atoms with van der Waals surface area (Å²) < 4.78 is 26.8. The summed E-state index contributed by atoms with van der Waals surface area (Å²) >= 11 is 0. The van der Waals surface area contributed by atoms with Crippen LogP contribution in [-0.4, -0.2) is 35.6 Å². The highest BCUT2D eigenvalue weighted by Gasteiger charge is 2.32. The summed E-state index contributed by atoms with van der Waals surface area (Å²) in [7, 11) is -3.89. The van der Waals surface area contributed by atoms with Crippen LogP contribution in [0.5, 0.6) is 0 Å². The Morgan fingerprint density at radius 2 is 2.00 bits per heavy atom. The van der Waals surface area contributed by atoms with Crippen molar-refractivity contribution < 1.29 is 18.4 Å². The van der Waals surface area contributed by atoms with Crippen molar-refractivity contribution in [2.45, 2.75) is 37.1 Å². The molecular formula is C11H17N3O5S. The second kappa shape index (κ2) is 6.25. The maximum Gasteiger partial charge on any atom is 0.363 e. The fourth-order valence-electron chi connectivity index (χ4n) is 1.63. The van der Waals surface area contributed by atoms with Gasteiger partial charge in [0.2, 0.25) is 10.0 Å². The summed E-state index contributed by atoms with van der Waals surface area (Å²) in [4.78, 5) is 13.1. The van der Waals surface area contributed by atoms with Gasteiger partial charge in [0.1, 0.15) is 4.90 Å². The lowest BCUT2D eigenvalue weighted by Gasteiger charge is -2.29. The molecule has 1 aromatic rings. The predicted octanol–water partition coefficient (Wildman–Crippen LogP) is 0.819. The molecule has 0 aliphatic heterocycles. The number of nitro groups is 1. The van der Waals surface area contributed by atoms with Crippen LogP contribution in [0.25, 0.3) is 0 Å². The lowest BCUT2D eigenvalue weighted by molar-refractivity contribution is -0.389. The Labute approximate surface area is 117 Å². The fourth-order valence-corrected chi connectivity index (χ4v) is 3.11. The smallest absolute Gasteiger partial charge is 0.363 e. The molecule has 0 aliphatic carbocycles. The van der Waals surface area contributed by atoms with Crippen molar-refractivity contribution in [3.05, 3.63) is 28.4 Å². The monoisotopic (exact) mass is 303 g/mol. The Hall–Kier alpha value is -1.58. The predicted molar refractivity (Wildman–Crippen MR) is 71.6 cm³/mol. The summed E-state index contributed by atoms with van der Waals surface area (Å²) in [6, 6.07) is 2.13. The maximum absolute atomic E-state index is 12.2. The first kappa shape index (κ1) is 16.5. The number of aliphatic hydroxyl groups is 1. The van der Waals surface area contributed by atoms with Crippen molar-refractivity contribution in [3.8, 4) is 0 Å². The molecule has 0 bridgehead atoms. The van der Waals surface area contributed by atoms with Gasteiger partial charge < -0.3 is 15.2 Å². The summed E-state index contributed by atoms with van der Waals surface area (Å²) in [5.74, 6) is -0.427. The molecule has 20 heavy (non-hydrogen) atoms. The van der Waals surface area contributed by atoms with Gasteiger partial charge in [-0.1, -0.05) is 13.8 Å². The van der Waals surface area contributed by atoms with Gasteiger partial charge in [-0.2, -0.15) is 0 Å². The van der Waals surface area contributed by atoms with Crippen LogP contribution in [0.15, 0.2) is 23.2 Å². The molecule has 112 valence electrons. The zero-order valence-corrected chi connectivity index (χ0v) is 12.1. The molecule has 0 amide bonds. The largest absolute Gasteiger partial charge is 0.394 e. The van der Waals surface area contributed by atoms with Gasteiger partial charge in [-0.3, -0.25) is 0 Å². The number of pyridine rings is 1. The Kier molecular flexibility index (Phi) is 5.15. The van der Waals surface area contributed by atoms with Gasteiger partial charge in [-0.05, 0) is 28.8 Å². The van der Waals surface area contributed by atoms with Crippen molar-refractivity contribution in [1.29, 1.82) is 0 Å². The van der Waals surface area contributed by atoms with Crippen LogP contribution in [-0.2, 0) is 10.0 Å². The van der Waals surface area contributed by atoms with Gasteiger partial charge in [0.25, 0.3) is 0 Å². The molecule has 2 N–H and O–H groups in total. The Balaban J connectivity index is 3.07. The van der Waals surface area contributed by atoms with Crippen LogP contribution in [0, 0.1) is 10.1 Å². The van der Waals surface area contributed by atoms with Crippen LogP contribution in [0.3, 0.4) is 0 Å². The highest BCUT2D eigenvalue weighted by molar-refractivity contribution is 7.89. The highest BCUT2D eigenvalue weighted by atomic mass is 32.2. The summed E-state index contributed by atoms with van der Waals surface area (Å²) in [5, 5.41) is 19.8. The third kappa shape index (κ3) is 3.50. The summed E-state index contributed by atoms with van der Waals surface area (Å²) in [6.45, 7) is 3.19. The molecule has 0 atom stereocenters. The Morgan fingerprint density at radius 3 is 2.35 bits per heavy atom. The molecule has 9 heteroatoms. The van der Waals surface area contributed by atoms with E-state index < -0.39 is 26.3 Å². The number of nitrogens with zero attached hydrogens (tertiary/aromatic N) is 2. The zero-order valence-electron chi connectivity index (χ0n) is 11.2. The molecule has 8 nitrogen and oxygen atoms in total. The highest BCUT2D eigenvalue weighted by Crippen LogP contribution is 2.19. The SMILES string of the molecule is CCC(CC)(CO)NS(=O)(=O)c1ccc([N+](=O)[O-])nc1. The van der Waals surface area contributed by atoms with Crippen molar-refractivity contribution in [2.75, 3.05) is 6.61 Å². The van der Waals surface area contributed by atoms with E-state index in [2.05, 4.69) is 9.71 Å². The van der Waals surface area contributed by atoms with E-state index in [1.165, 1.54) is 0 Å². The normalized spacial score (nSPS) is 12.3. The fraction of sp³-hybridized carbons (Fsp3) is 0.545. The minimum Gasteiger partial charge on any atom is -0.394 e. The lowest BCUT2D eigenvalue weighted by Crippen LogP contribution is -2.50. The van der Waals surface area contributed by atoms with E-state index in [0.29, 0.717) is 12.8 Å². The molecular weight excluding hydrogens is 286 g/mol. The van der Waals surface area contributed by atoms with Gasteiger partial charge in [0, 0.05) is 6.07 Å². The van der Waals surface area contributed by atoms with E-state index in [1.807, 2.05) is 0 Å². The number of aliphatic hydroxyl groups excluding tert-OH is 1. The zero-order chi connectivity index (χ0) is 15.4. The number of sulfonamides is 1. The van der Waals surface area contributed by atoms with E-state index in [1.54, 1.807) is 13.8 Å². The number of aromatic nitrogens is 1. The van der Waals surface area contributed by atoms with Crippen molar-refractivity contribution >= 4 is 15.8 Å². The quantitative estimate of drug-likeness (QED) is 0.568. The molecule has 1 aromatic heterocycles. The van der Waals surface area contributed by atoms with Crippen molar-refractivity contribution in [1.82, 2.24) is 9.71 Å². The molecule has 0 aromatic carbocycles. The van der Waals surface area contributed by atoms with Gasteiger partial charge >= 0.3 is 5.82 Å². The van der Waals surface area contributed by atoms with E-state index in [0.717, 1.165) is 18.3 Å². The average Bonchev–Trinajstić information content (AvgIpc) is 2.45. The molecule has 0 fully saturated rings. The molecule has 0 aliphatic rings. The first-order chi connectivity index (χ1) is 9.30. The average molecular weight is 303 g/mol. The first-order valence-corrected chi connectivity index (χ1v) is 7.54. The summed E-state index contributed by atoms with van der Waals surface area (Å²) in [5.41, 5.74) is -0.944. The van der Waals surface area contributed by atoms with Crippen LogP contribution in [0.2, 0.25) is 0 Å². The number of hydrogen-bond acceptors (Lipinski definition) is 6. The van der Waals surface area contributed by atoms with E-state index >= 15 is 0 Å². The molecule has 0 spiro atoms. The van der Waals surface area contributed by atoms with Gasteiger partial charge in [0.05, 0.1) is 12.1 Å². The van der Waals surface area contributed by atoms with Crippen LogP contribution in [0.1, 0.15) is 26.7 Å². The van der Waals surface area contributed by atoms with E-state index in [9.17, 15) is 23.6 Å². The van der Waals surface area contributed by atoms with Crippen molar-refractivity contribution in [3.63, 3.8) is 0 Å². The second-order valence-electron chi connectivity index (χ2n) is 4.36. The molecule has 0 saturated heterocycles. The van der Waals surface area contributed by atoms with Gasteiger partial charge in [-0.25, -0.2) is 13.1 Å². The number of nitrogens with one attached hydrogen (secondary N) is 1. The topological polar surface area (TPSA) is 122 Å². The van der Waals surface area contributed by atoms with E-state index in [4.69, 9.17) is 0 Å². The third-order valence-corrected chi connectivity index (χ3v) is 4.79. The minimum atomic E-state index is -3.89. The van der Waals surface area contributed by atoms with Gasteiger partial charge in [0.15, 0.2) is 6.20 Å². The second-order valence-corrected chi connectivity index (χ2v) is 6.04. The van der Waals surface area contributed by atoms with Gasteiger partial charge in [-0.15, -0.1) is 0 Å². The molecule has 0 unspecified atom stereocenters. The Morgan fingerprint density at radius 1 is 1.40 bits per heavy atom. The molecule has 0 saturated carbocycles. The summed E-state index contributed by atoms with van der Waals surface area (Å²) in [6.07, 6.45) is 1.76. The third-order valence-electron chi connectivity index (χ3n) is 3.23. The number of rotatable bonds is 7. The van der Waals surface area contributed by atoms with E-state index in [-0.39, 0.29) is 11.5 Å². The minimum absolute atomic E-state index is 0.178. The van der Waals surface area contributed by atoms with Crippen LogP contribution < -0.4 is 4.72 Å². The molecule has 0 radical (unpaired) electrons. The van der Waals surface area contributed by atoms with Crippen LogP contribution in [0.4, 0.5) is 5.82 Å². The molecule has 1 heterocycles. The first-order valence-electron chi connectivity index (χ1n) is 6.05. The van der Waals surface area contributed by atoms with Crippen molar-refractivity contribution in [2.24, 2.45) is 0 Å². The standard InChI is InChI=1S/C11H17N3O5S/c1-3-11(4-2,8-15)13-20(18,19)9-5-6-10(12-7-9)14(16)17/h5-7,13,15H,3-4,8H2,1-2H3.